The van der Waals surface area contributed by atoms with Gasteiger partial charge in [-0.3, -0.25) is 9.59 Å². The van der Waals surface area contributed by atoms with Crippen LogP contribution in [0.5, 0.6) is 5.75 Å². The maximum Gasteiger partial charge on any atom is 0.295 e. The summed E-state index contributed by atoms with van der Waals surface area (Å²) in [4.78, 5) is 29.4. The third kappa shape index (κ3) is 4.62. The van der Waals surface area contributed by atoms with E-state index in [2.05, 4.69) is 4.90 Å². The molecule has 2 aromatic rings. The van der Waals surface area contributed by atoms with Gasteiger partial charge in [0.25, 0.3) is 11.7 Å². The molecule has 3 rings (SSSR count). The molecular formula is C23H27ClN2O5. The molecule has 0 saturated carbocycles. The van der Waals surface area contributed by atoms with Gasteiger partial charge in [0.1, 0.15) is 23.3 Å². The third-order valence-electron chi connectivity index (χ3n) is 5.41. The molecule has 2 heterocycles. The van der Waals surface area contributed by atoms with Crippen molar-refractivity contribution in [3.8, 4) is 5.75 Å². The Kier molecular flexibility index (Phi) is 7.41. The van der Waals surface area contributed by atoms with Gasteiger partial charge < -0.3 is 24.1 Å². The van der Waals surface area contributed by atoms with Gasteiger partial charge in [0.15, 0.2) is 0 Å². The lowest BCUT2D eigenvalue weighted by Gasteiger charge is -2.26. The van der Waals surface area contributed by atoms with Crippen LogP contribution in [0.25, 0.3) is 5.76 Å². The fraction of sp³-hybridized carbons (Fsp3) is 0.391. The Morgan fingerprint density at radius 3 is 2.55 bits per heavy atom. The number of aliphatic hydroxyl groups excluding tert-OH is 1. The first-order valence-electron chi connectivity index (χ1n) is 10.4. The zero-order chi connectivity index (χ0) is 22.5. The summed E-state index contributed by atoms with van der Waals surface area (Å²) < 4.78 is 11.0. The molecule has 1 N–H and O–H groups in total. The number of nitrogens with zero attached hydrogens (tertiary/aromatic N) is 2. The Morgan fingerprint density at radius 1 is 1.23 bits per heavy atom. The molecule has 0 bridgehead atoms. The van der Waals surface area contributed by atoms with Crippen LogP contribution in [0, 0.1) is 0 Å². The van der Waals surface area contributed by atoms with Gasteiger partial charge in [-0.05, 0) is 50.3 Å². The largest absolute Gasteiger partial charge is 0.507 e. The molecule has 7 nitrogen and oxygen atoms in total. The van der Waals surface area contributed by atoms with Crippen molar-refractivity contribution in [3.05, 3.63) is 58.5 Å². The number of carbonyl (C=O) groups is 2. The second-order valence-corrected chi connectivity index (χ2v) is 7.52. The predicted octanol–water partition coefficient (Wildman–Crippen LogP) is 4.10. The summed E-state index contributed by atoms with van der Waals surface area (Å²) in [5.74, 6) is -0.814. The van der Waals surface area contributed by atoms with Gasteiger partial charge in [-0.2, -0.15) is 0 Å². The molecule has 1 saturated heterocycles. The van der Waals surface area contributed by atoms with Crippen LogP contribution in [0.4, 0.5) is 0 Å². The molecule has 1 fully saturated rings. The van der Waals surface area contributed by atoms with Gasteiger partial charge in [-0.1, -0.05) is 25.4 Å². The maximum atomic E-state index is 13.0. The van der Waals surface area contributed by atoms with E-state index in [-0.39, 0.29) is 11.3 Å². The number of halogens is 1. The topological polar surface area (TPSA) is 83.2 Å². The first-order chi connectivity index (χ1) is 14.9. The Morgan fingerprint density at radius 2 is 1.97 bits per heavy atom. The SMILES string of the molecule is CCOc1ccc(C(O)=C2C(=O)C(=O)N(CCN(CC)CC)[C@@H]2c2ccco2)cc1Cl. The molecule has 8 heteroatoms. The van der Waals surface area contributed by atoms with Crippen LogP contribution in [-0.4, -0.2) is 59.4 Å². The number of likely N-dealkylation sites (tertiary alicyclic amines) is 1. The Labute approximate surface area is 186 Å². The average molecular weight is 447 g/mol. The first kappa shape index (κ1) is 22.9. The summed E-state index contributed by atoms with van der Waals surface area (Å²) in [6.45, 7) is 8.96. The van der Waals surface area contributed by atoms with E-state index in [0.29, 0.717) is 41.8 Å². The van der Waals surface area contributed by atoms with Gasteiger partial charge in [0, 0.05) is 18.7 Å². The molecule has 1 atom stereocenters. The minimum atomic E-state index is -0.809. The van der Waals surface area contributed by atoms with Crippen LogP contribution in [0.1, 0.15) is 38.1 Å². The normalized spacial score (nSPS) is 18.2. The Bertz CT molecular complexity index is 966. The number of ketones is 1. The molecule has 0 aliphatic carbocycles. The Balaban J connectivity index is 2.03. The summed E-state index contributed by atoms with van der Waals surface area (Å²) in [5, 5.41) is 11.3. The summed E-state index contributed by atoms with van der Waals surface area (Å²) in [7, 11) is 0. The first-order valence-corrected chi connectivity index (χ1v) is 10.8. The fourth-order valence-electron chi connectivity index (χ4n) is 3.72. The number of aliphatic hydroxyl groups is 1. The molecule has 166 valence electrons. The standard InChI is InChI=1S/C23H27ClN2O5/c1-4-25(5-2)11-12-26-20(18-8-7-13-31-18)19(22(28)23(26)29)21(27)15-9-10-17(30-6-3)16(24)14-15/h7-10,13-14,20,27H,4-6,11-12H2,1-3H3/t20-/m1/s1. The van der Waals surface area contributed by atoms with Crippen molar-refractivity contribution in [3.63, 3.8) is 0 Å². The van der Waals surface area contributed by atoms with E-state index in [4.69, 9.17) is 20.8 Å². The number of hydrogen-bond acceptors (Lipinski definition) is 6. The van der Waals surface area contributed by atoms with E-state index < -0.39 is 17.7 Å². The number of benzene rings is 1. The van der Waals surface area contributed by atoms with Crippen molar-refractivity contribution in [2.75, 3.05) is 32.8 Å². The van der Waals surface area contributed by atoms with Crippen molar-refractivity contribution in [2.45, 2.75) is 26.8 Å². The molecule has 1 aromatic heterocycles. The van der Waals surface area contributed by atoms with Crippen LogP contribution in [0.2, 0.25) is 5.02 Å². The van der Waals surface area contributed by atoms with Crippen LogP contribution in [-0.2, 0) is 9.59 Å². The number of ether oxygens (including phenoxy) is 1. The van der Waals surface area contributed by atoms with E-state index >= 15 is 0 Å². The van der Waals surface area contributed by atoms with Crippen molar-refractivity contribution in [2.24, 2.45) is 0 Å². The van der Waals surface area contributed by atoms with E-state index in [9.17, 15) is 14.7 Å². The highest BCUT2D eigenvalue weighted by Gasteiger charge is 2.47. The minimum absolute atomic E-state index is 0.0141. The quantitative estimate of drug-likeness (QED) is 0.355. The molecule has 1 amide bonds. The number of rotatable bonds is 9. The third-order valence-corrected chi connectivity index (χ3v) is 5.70. The van der Waals surface area contributed by atoms with E-state index in [1.54, 1.807) is 24.3 Å². The van der Waals surface area contributed by atoms with Crippen LogP contribution < -0.4 is 4.74 Å². The lowest BCUT2D eigenvalue weighted by Crippen LogP contribution is -2.37. The summed E-state index contributed by atoms with van der Waals surface area (Å²) in [6.07, 6.45) is 1.48. The molecular weight excluding hydrogens is 420 g/mol. The van der Waals surface area contributed by atoms with E-state index in [1.165, 1.54) is 17.2 Å². The smallest absolute Gasteiger partial charge is 0.295 e. The minimum Gasteiger partial charge on any atom is -0.507 e. The summed E-state index contributed by atoms with van der Waals surface area (Å²) in [5.41, 5.74) is 0.312. The average Bonchev–Trinajstić information content (AvgIpc) is 3.38. The molecule has 0 radical (unpaired) electrons. The highest BCUT2D eigenvalue weighted by molar-refractivity contribution is 6.46. The summed E-state index contributed by atoms with van der Waals surface area (Å²) in [6, 6.07) is 7.32. The highest BCUT2D eigenvalue weighted by Crippen LogP contribution is 2.40. The van der Waals surface area contributed by atoms with Gasteiger partial charge in [-0.25, -0.2) is 0 Å². The zero-order valence-electron chi connectivity index (χ0n) is 17.9. The molecule has 1 aliphatic heterocycles. The van der Waals surface area contributed by atoms with Crippen molar-refractivity contribution in [1.29, 1.82) is 0 Å². The lowest BCUT2D eigenvalue weighted by molar-refractivity contribution is -0.140. The second-order valence-electron chi connectivity index (χ2n) is 7.11. The van der Waals surface area contributed by atoms with Crippen LogP contribution >= 0.6 is 11.6 Å². The molecule has 1 aliphatic rings. The molecule has 0 unspecified atom stereocenters. The number of furan rings is 1. The van der Waals surface area contributed by atoms with Crippen LogP contribution in [0.15, 0.2) is 46.6 Å². The summed E-state index contributed by atoms with van der Waals surface area (Å²) >= 11 is 6.26. The molecule has 1 aromatic carbocycles. The van der Waals surface area contributed by atoms with Gasteiger partial charge in [0.2, 0.25) is 0 Å². The zero-order valence-corrected chi connectivity index (χ0v) is 18.7. The number of amides is 1. The number of likely N-dealkylation sites (N-methyl/N-ethyl adjacent to an activating group) is 1. The molecule has 0 spiro atoms. The van der Waals surface area contributed by atoms with Crippen molar-refractivity contribution >= 4 is 29.1 Å². The second kappa shape index (κ2) is 10.0. The number of Topliss-reactive ketones (excluding diaryl/α,β-unsaturated/α-hetero) is 1. The lowest BCUT2D eigenvalue weighted by atomic mass is 9.99. The number of hydrogen-bond donors (Lipinski definition) is 1. The predicted molar refractivity (Wildman–Crippen MR) is 118 cm³/mol. The molecule has 31 heavy (non-hydrogen) atoms. The monoisotopic (exact) mass is 446 g/mol. The van der Waals surface area contributed by atoms with Crippen molar-refractivity contribution < 1.29 is 23.8 Å². The van der Waals surface area contributed by atoms with E-state index in [0.717, 1.165) is 13.1 Å². The van der Waals surface area contributed by atoms with Crippen molar-refractivity contribution in [1.82, 2.24) is 9.80 Å². The van der Waals surface area contributed by atoms with Gasteiger partial charge >= 0.3 is 0 Å². The maximum absolute atomic E-state index is 13.0. The highest BCUT2D eigenvalue weighted by atomic mass is 35.5. The van der Waals surface area contributed by atoms with Gasteiger partial charge in [-0.15, -0.1) is 0 Å². The number of carbonyl (C=O) groups excluding carboxylic acids is 2. The van der Waals surface area contributed by atoms with E-state index in [1.807, 2.05) is 20.8 Å². The van der Waals surface area contributed by atoms with Crippen LogP contribution in [0.3, 0.4) is 0 Å². The Hall–Kier alpha value is -2.77. The fourth-order valence-corrected chi connectivity index (χ4v) is 3.95. The van der Waals surface area contributed by atoms with Gasteiger partial charge in [0.05, 0.1) is 23.5 Å².